The van der Waals surface area contributed by atoms with E-state index >= 15 is 0 Å². The minimum atomic E-state index is -0.959. The van der Waals surface area contributed by atoms with Crippen LogP contribution in [0.1, 0.15) is 0 Å². The quantitative estimate of drug-likeness (QED) is 0.263. The Bertz CT molecular complexity index is 868. The zero-order valence-corrected chi connectivity index (χ0v) is 12.4. The summed E-state index contributed by atoms with van der Waals surface area (Å²) < 4.78 is 13.5. The highest BCUT2D eigenvalue weighted by molar-refractivity contribution is 7.99. The van der Waals surface area contributed by atoms with Crippen molar-refractivity contribution in [3.63, 3.8) is 0 Å². The van der Waals surface area contributed by atoms with Crippen LogP contribution in [0.4, 0.5) is 4.39 Å². The molecule has 120 valence electrons. The van der Waals surface area contributed by atoms with Crippen LogP contribution < -0.4 is 16.8 Å². The van der Waals surface area contributed by atoms with E-state index in [1.807, 2.05) is 0 Å². The van der Waals surface area contributed by atoms with Crippen molar-refractivity contribution in [1.82, 2.24) is 4.98 Å². The smallest absolute Gasteiger partial charge is 0.289 e. The van der Waals surface area contributed by atoms with Gasteiger partial charge in [-0.1, -0.05) is 0 Å². The van der Waals surface area contributed by atoms with Crippen LogP contribution in [0.5, 0.6) is 23.0 Å². The molecule has 0 bridgehead atoms. The molecule has 0 aliphatic heterocycles. The summed E-state index contributed by atoms with van der Waals surface area (Å²) in [5.41, 5.74) is 3.61. The molecule has 0 unspecified atom stereocenters. The molecule has 23 heavy (non-hydrogen) atoms. The molecule has 2 aromatic rings. The summed E-state index contributed by atoms with van der Waals surface area (Å²) in [5.74, 6) is -4.13. The van der Waals surface area contributed by atoms with Gasteiger partial charge in [0.15, 0.2) is 17.2 Å². The number of hydrogen-bond donors (Lipinski definition) is 6. The van der Waals surface area contributed by atoms with Crippen LogP contribution in [0, 0.1) is 0 Å². The molecule has 0 spiro atoms. The molecule has 0 aliphatic carbocycles. The highest BCUT2D eigenvalue weighted by atomic mass is 32.2. The minimum absolute atomic E-state index is 0.0163. The number of phenols is 3. The molecule has 7 N–H and O–H groups in total. The maximum Gasteiger partial charge on any atom is 0.289 e. The van der Waals surface area contributed by atoms with Crippen molar-refractivity contribution in [3.05, 3.63) is 22.3 Å². The first-order valence-electron chi connectivity index (χ1n) is 6.28. The number of hydrogen-bond acceptors (Lipinski definition) is 7. The number of phenolic OH excluding ortho intramolecular Hbond substituents is 3. The van der Waals surface area contributed by atoms with E-state index < -0.39 is 39.8 Å². The molecule has 0 saturated heterocycles. The summed E-state index contributed by atoms with van der Waals surface area (Å²) in [5, 5.41) is 38.9. The molecule has 0 aliphatic rings. The van der Waals surface area contributed by atoms with Crippen LogP contribution in [0.2, 0.25) is 0 Å². The standard InChI is InChI=1S/C13H12BFN2O5S/c14-6-5-7(17-13(22)9(6)19)12(11(21)10(20)8(5)18)23-3-4(15)1-2-16/h1,18-21H,2-3,16H2,(H,17,22)/b4-1-. The predicted octanol–water partition coefficient (Wildman–Crippen LogP) is 0.0485. The summed E-state index contributed by atoms with van der Waals surface area (Å²) in [7, 11) is 5.58. The Labute approximate surface area is 134 Å². The van der Waals surface area contributed by atoms with Gasteiger partial charge in [0.25, 0.3) is 5.56 Å². The Morgan fingerprint density at radius 2 is 1.87 bits per heavy atom. The van der Waals surface area contributed by atoms with E-state index in [-0.39, 0.29) is 28.1 Å². The van der Waals surface area contributed by atoms with Crippen molar-refractivity contribution in [1.29, 1.82) is 0 Å². The van der Waals surface area contributed by atoms with Crippen LogP contribution in [-0.4, -0.2) is 45.6 Å². The van der Waals surface area contributed by atoms with E-state index in [9.17, 15) is 29.6 Å². The largest absolute Gasteiger partial charge is 0.504 e. The summed E-state index contributed by atoms with van der Waals surface area (Å²) >= 11 is 0.743. The lowest BCUT2D eigenvalue weighted by Crippen LogP contribution is -2.18. The van der Waals surface area contributed by atoms with E-state index in [0.29, 0.717) is 0 Å². The Morgan fingerprint density at radius 3 is 2.48 bits per heavy atom. The van der Waals surface area contributed by atoms with Crippen molar-refractivity contribution in [3.8, 4) is 23.0 Å². The van der Waals surface area contributed by atoms with E-state index in [4.69, 9.17) is 13.6 Å². The first-order valence-corrected chi connectivity index (χ1v) is 7.26. The number of fused-ring (bicyclic) bond motifs is 1. The van der Waals surface area contributed by atoms with E-state index in [1.165, 1.54) is 0 Å². The molecule has 2 rings (SSSR count). The Kier molecular flexibility index (Phi) is 4.76. The zero-order chi connectivity index (χ0) is 17.3. The van der Waals surface area contributed by atoms with Crippen molar-refractivity contribution in [2.24, 2.45) is 5.73 Å². The molecule has 0 atom stereocenters. The molecule has 0 fully saturated rings. The normalized spacial score (nSPS) is 12.0. The van der Waals surface area contributed by atoms with Gasteiger partial charge in [-0.15, -0.1) is 11.8 Å². The second-order valence-electron chi connectivity index (χ2n) is 4.52. The predicted molar refractivity (Wildman–Crippen MR) is 85.6 cm³/mol. The molecule has 0 amide bonds. The lowest BCUT2D eigenvalue weighted by atomic mass is 9.90. The number of pyridine rings is 1. The third-order valence-electron chi connectivity index (χ3n) is 3.05. The molecular weight excluding hydrogens is 326 g/mol. The number of thioether (sulfide) groups is 1. The fraction of sp³-hybridized carbons (Fsp3) is 0.154. The highest BCUT2D eigenvalue weighted by Gasteiger charge is 2.23. The highest BCUT2D eigenvalue weighted by Crippen LogP contribution is 2.47. The summed E-state index contributed by atoms with van der Waals surface area (Å²) in [6.45, 7) is -0.0163. The fourth-order valence-electron chi connectivity index (χ4n) is 1.95. The molecule has 7 nitrogen and oxygen atoms in total. The van der Waals surface area contributed by atoms with Crippen molar-refractivity contribution in [2.75, 3.05) is 12.3 Å². The van der Waals surface area contributed by atoms with Gasteiger partial charge < -0.3 is 31.1 Å². The van der Waals surface area contributed by atoms with Gasteiger partial charge in [0.05, 0.1) is 10.4 Å². The van der Waals surface area contributed by atoms with Crippen LogP contribution in [0.3, 0.4) is 0 Å². The van der Waals surface area contributed by atoms with Crippen molar-refractivity contribution >= 4 is 36.0 Å². The topological polar surface area (TPSA) is 140 Å². The fourth-order valence-corrected chi connectivity index (χ4v) is 2.88. The first-order chi connectivity index (χ1) is 10.8. The summed E-state index contributed by atoms with van der Waals surface area (Å²) in [4.78, 5) is 13.7. The summed E-state index contributed by atoms with van der Waals surface area (Å²) in [6, 6.07) is 0. The molecule has 10 heteroatoms. The van der Waals surface area contributed by atoms with Gasteiger partial charge in [0.2, 0.25) is 5.75 Å². The van der Waals surface area contributed by atoms with E-state index in [1.54, 1.807) is 0 Å². The lowest BCUT2D eigenvalue weighted by molar-refractivity contribution is 0.365. The molecule has 1 heterocycles. The number of halogens is 1. The maximum atomic E-state index is 13.5. The number of H-pyrrole nitrogens is 1. The number of aromatic hydroxyl groups is 4. The number of nitrogens with one attached hydrogen (secondary N) is 1. The van der Waals surface area contributed by atoms with Crippen molar-refractivity contribution in [2.45, 2.75) is 4.90 Å². The third kappa shape index (κ3) is 2.95. The number of nitrogens with two attached hydrogens (primary N) is 1. The van der Waals surface area contributed by atoms with Crippen LogP contribution in [0.15, 0.2) is 21.6 Å². The van der Waals surface area contributed by atoms with Crippen LogP contribution in [-0.2, 0) is 0 Å². The van der Waals surface area contributed by atoms with E-state index in [0.717, 1.165) is 17.8 Å². The number of aromatic nitrogens is 1. The Morgan fingerprint density at radius 1 is 1.22 bits per heavy atom. The number of benzene rings is 1. The molecular formula is C13H12BFN2O5S. The Hall–Kier alpha value is -2.33. The van der Waals surface area contributed by atoms with Gasteiger partial charge in [-0.2, -0.15) is 0 Å². The number of rotatable bonds is 4. The molecule has 0 saturated carbocycles. The minimum Gasteiger partial charge on any atom is -0.504 e. The van der Waals surface area contributed by atoms with Gasteiger partial charge in [0, 0.05) is 17.7 Å². The second kappa shape index (κ2) is 6.43. The third-order valence-corrected chi connectivity index (χ3v) is 4.16. The number of aromatic amines is 1. The first kappa shape index (κ1) is 17.0. The van der Waals surface area contributed by atoms with Crippen LogP contribution >= 0.6 is 11.8 Å². The van der Waals surface area contributed by atoms with Gasteiger partial charge in [-0.25, -0.2) is 4.39 Å². The zero-order valence-electron chi connectivity index (χ0n) is 11.6. The van der Waals surface area contributed by atoms with Crippen LogP contribution in [0.25, 0.3) is 10.9 Å². The van der Waals surface area contributed by atoms with Gasteiger partial charge in [0.1, 0.15) is 13.7 Å². The summed E-state index contributed by atoms with van der Waals surface area (Å²) in [6.07, 6.45) is 1.12. The maximum absolute atomic E-state index is 13.5. The van der Waals surface area contributed by atoms with E-state index in [2.05, 4.69) is 4.98 Å². The van der Waals surface area contributed by atoms with Crippen molar-refractivity contribution < 1.29 is 24.8 Å². The average molecular weight is 338 g/mol. The van der Waals surface area contributed by atoms with Gasteiger partial charge in [-0.3, -0.25) is 4.79 Å². The second-order valence-corrected chi connectivity index (χ2v) is 5.50. The average Bonchev–Trinajstić information content (AvgIpc) is 2.50. The van der Waals surface area contributed by atoms with Gasteiger partial charge >= 0.3 is 0 Å². The lowest BCUT2D eigenvalue weighted by Gasteiger charge is -2.14. The molecule has 2 radical (unpaired) electrons. The molecule has 1 aromatic carbocycles. The molecule has 1 aromatic heterocycles. The Balaban J connectivity index is 2.73. The monoisotopic (exact) mass is 338 g/mol. The van der Waals surface area contributed by atoms with Gasteiger partial charge in [-0.05, 0) is 11.5 Å². The SMILES string of the molecule is [B]c1c(O)c(=O)[nH]c2c(SC/C(F)=C/CN)c(O)c(O)c(O)c12.